The summed E-state index contributed by atoms with van der Waals surface area (Å²) in [6.45, 7) is 1.87. The molecule has 2 rings (SSSR count). The van der Waals surface area contributed by atoms with Gasteiger partial charge in [-0.05, 0) is 25.0 Å². The molecule has 1 aromatic rings. The van der Waals surface area contributed by atoms with Gasteiger partial charge in [0.2, 0.25) is 5.88 Å². The molecule has 90 valence electrons. The van der Waals surface area contributed by atoms with E-state index in [-0.39, 0.29) is 11.6 Å². The minimum Gasteiger partial charge on any atom is -0.436 e. The van der Waals surface area contributed by atoms with Gasteiger partial charge >= 0.3 is 0 Å². The summed E-state index contributed by atoms with van der Waals surface area (Å²) in [5.74, 6) is 5.65. The van der Waals surface area contributed by atoms with Crippen LogP contribution in [0.3, 0.4) is 0 Å². The summed E-state index contributed by atoms with van der Waals surface area (Å²) in [4.78, 5) is 4.04. The number of nitrogens with two attached hydrogens (primary N) is 1. The number of allylic oxidation sites excluding steroid dienone is 3. The van der Waals surface area contributed by atoms with E-state index in [2.05, 4.69) is 10.4 Å². The molecule has 3 N–H and O–H groups in total. The number of pyridine rings is 1. The normalized spacial score (nSPS) is 15.0. The average molecular weight is 235 g/mol. The highest BCUT2D eigenvalue weighted by Crippen LogP contribution is 2.24. The van der Waals surface area contributed by atoms with Crippen molar-refractivity contribution >= 4 is 5.69 Å². The van der Waals surface area contributed by atoms with Crippen molar-refractivity contribution in [3.63, 3.8) is 0 Å². The van der Waals surface area contributed by atoms with E-state index in [4.69, 9.17) is 10.6 Å². The zero-order valence-corrected chi connectivity index (χ0v) is 9.53. The van der Waals surface area contributed by atoms with Crippen molar-refractivity contribution < 1.29 is 9.13 Å². The molecular weight excluding hydrogens is 221 g/mol. The molecule has 0 spiro atoms. The maximum atomic E-state index is 13.4. The van der Waals surface area contributed by atoms with Gasteiger partial charge in [0.05, 0.1) is 11.9 Å². The van der Waals surface area contributed by atoms with E-state index in [0.29, 0.717) is 24.4 Å². The predicted octanol–water partition coefficient (Wildman–Crippen LogP) is 2.59. The Labute approximate surface area is 99.0 Å². The zero-order valence-electron chi connectivity index (χ0n) is 9.53. The Kier molecular flexibility index (Phi) is 3.39. The van der Waals surface area contributed by atoms with Crippen LogP contribution in [-0.4, -0.2) is 4.98 Å². The van der Waals surface area contributed by atoms with Gasteiger partial charge in [0.15, 0.2) is 5.76 Å². The molecule has 0 atom stereocenters. The number of rotatable bonds is 3. The highest BCUT2D eigenvalue weighted by molar-refractivity contribution is 5.49. The summed E-state index contributed by atoms with van der Waals surface area (Å²) >= 11 is 0. The number of hydrogen-bond acceptors (Lipinski definition) is 4. The predicted molar refractivity (Wildman–Crippen MR) is 63.9 cm³/mol. The van der Waals surface area contributed by atoms with Crippen molar-refractivity contribution in [1.29, 1.82) is 0 Å². The van der Waals surface area contributed by atoms with Crippen molar-refractivity contribution in [3.8, 4) is 5.88 Å². The highest BCUT2D eigenvalue weighted by atomic mass is 19.1. The number of hydrogen-bond donors (Lipinski definition) is 2. The van der Waals surface area contributed by atoms with Crippen LogP contribution in [0.25, 0.3) is 0 Å². The number of ether oxygens (including phenoxy) is 1. The molecule has 0 saturated heterocycles. The second-order valence-corrected chi connectivity index (χ2v) is 3.79. The van der Waals surface area contributed by atoms with Crippen LogP contribution in [0.4, 0.5) is 10.1 Å². The average Bonchev–Trinajstić information content (AvgIpc) is 2.32. The Bertz CT molecular complexity index is 483. The van der Waals surface area contributed by atoms with Crippen LogP contribution >= 0.6 is 0 Å². The van der Waals surface area contributed by atoms with Crippen molar-refractivity contribution in [2.75, 3.05) is 5.43 Å². The lowest BCUT2D eigenvalue weighted by Gasteiger charge is -2.12. The summed E-state index contributed by atoms with van der Waals surface area (Å²) in [5, 5.41) is 0. The Balaban J connectivity index is 2.19. The Hall–Kier alpha value is -1.88. The molecule has 1 aromatic heterocycles. The number of halogens is 1. The molecule has 0 amide bonds. The van der Waals surface area contributed by atoms with Gasteiger partial charge in [-0.15, -0.1) is 0 Å². The fourth-order valence-corrected chi connectivity index (χ4v) is 1.55. The summed E-state index contributed by atoms with van der Waals surface area (Å²) in [6, 6.07) is 1.71. The first-order valence-corrected chi connectivity index (χ1v) is 5.37. The Morgan fingerprint density at radius 1 is 1.53 bits per heavy atom. The lowest BCUT2D eigenvalue weighted by Crippen LogP contribution is -2.09. The van der Waals surface area contributed by atoms with Crippen molar-refractivity contribution in [2.24, 2.45) is 5.84 Å². The third-order valence-electron chi connectivity index (χ3n) is 2.52. The first-order valence-electron chi connectivity index (χ1n) is 5.37. The Morgan fingerprint density at radius 2 is 2.35 bits per heavy atom. The summed E-state index contributed by atoms with van der Waals surface area (Å²) in [6.07, 6.45) is 6.15. The van der Waals surface area contributed by atoms with Gasteiger partial charge in [0, 0.05) is 12.5 Å². The molecule has 1 heterocycles. The van der Waals surface area contributed by atoms with Crippen LogP contribution in [0.5, 0.6) is 5.88 Å². The second kappa shape index (κ2) is 4.97. The van der Waals surface area contributed by atoms with E-state index in [1.807, 2.05) is 13.0 Å². The maximum Gasteiger partial charge on any atom is 0.219 e. The van der Waals surface area contributed by atoms with Gasteiger partial charge < -0.3 is 10.2 Å². The number of aryl methyl sites for hydroxylation is 1. The van der Waals surface area contributed by atoms with E-state index in [9.17, 15) is 4.39 Å². The Morgan fingerprint density at radius 3 is 3.00 bits per heavy atom. The third kappa shape index (κ3) is 2.62. The molecule has 0 saturated carbocycles. The topological polar surface area (TPSA) is 60.2 Å². The SMILES string of the molecule is Cc1cc(OC2=C(F)CCC=C2)ncc1NN. The minimum absolute atomic E-state index is 0.233. The lowest BCUT2D eigenvalue weighted by atomic mass is 10.1. The second-order valence-electron chi connectivity index (χ2n) is 3.79. The molecule has 0 radical (unpaired) electrons. The molecule has 1 aliphatic rings. The van der Waals surface area contributed by atoms with Gasteiger partial charge in [0.1, 0.15) is 5.83 Å². The molecule has 5 heteroatoms. The van der Waals surface area contributed by atoms with Gasteiger partial charge in [-0.1, -0.05) is 6.08 Å². The van der Waals surface area contributed by atoms with Gasteiger partial charge in [-0.2, -0.15) is 0 Å². The molecule has 4 nitrogen and oxygen atoms in total. The fraction of sp³-hybridized carbons (Fsp3) is 0.250. The van der Waals surface area contributed by atoms with Crippen LogP contribution in [0.1, 0.15) is 18.4 Å². The standard InChI is InChI=1S/C12H14FN3O/c1-8-6-12(15-7-10(8)16-14)17-11-5-3-2-4-9(11)13/h3,5-7,16H,2,4,14H2,1H3. The molecule has 0 aromatic carbocycles. The molecule has 1 aliphatic carbocycles. The third-order valence-corrected chi connectivity index (χ3v) is 2.52. The first kappa shape index (κ1) is 11.6. The zero-order chi connectivity index (χ0) is 12.3. The maximum absolute atomic E-state index is 13.4. The molecule has 0 unspecified atom stereocenters. The number of hydrazine groups is 1. The van der Waals surface area contributed by atoms with E-state index >= 15 is 0 Å². The fourth-order valence-electron chi connectivity index (χ4n) is 1.55. The van der Waals surface area contributed by atoms with Crippen LogP contribution < -0.4 is 16.0 Å². The van der Waals surface area contributed by atoms with Gasteiger partial charge in [-0.3, -0.25) is 5.84 Å². The highest BCUT2D eigenvalue weighted by Gasteiger charge is 2.11. The van der Waals surface area contributed by atoms with Crippen molar-refractivity contribution in [2.45, 2.75) is 19.8 Å². The number of nitrogens with one attached hydrogen (secondary N) is 1. The van der Waals surface area contributed by atoms with Crippen molar-refractivity contribution in [1.82, 2.24) is 4.98 Å². The molecular formula is C12H14FN3O. The number of anilines is 1. The molecule has 0 fully saturated rings. The summed E-state index contributed by atoms with van der Waals surface area (Å²) < 4.78 is 18.8. The van der Waals surface area contributed by atoms with E-state index < -0.39 is 0 Å². The lowest BCUT2D eigenvalue weighted by molar-refractivity contribution is 0.388. The van der Waals surface area contributed by atoms with Crippen LogP contribution in [0.15, 0.2) is 36.0 Å². The summed E-state index contributed by atoms with van der Waals surface area (Å²) in [7, 11) is 0. The largest absolute Gasteiger partial charge is 0.436 e. The van der Waals surface area contributed by atoms with Gasteiger partial charge in [-0.25, -0.2) is 9.37 Å². The molecule has 0 bridgehead atoms. The van der Waals surface area contributed by atoms with E-state index in [1.165, 1.54) is 0 Å². The summed E-state index contributed by atoms with van der Waals surface area (Å²) in [5.41, 5.74) is 4.12. The number of nitrogens with zero attached hydrogens (tertiary/aromatic N) is 1. The van der Waals surface area contributed by atoms with E-state index in [0.717, 1.165) is 5.56 Å². The van der Waals surface area contributed by atoms with Crippen LogP contribution in [0, 0.1) is 6.92 Å². The van der Waals surface area contributed by atoms with Gasteiger partial charge in [0.25, 0.3) is 0 Å². The van der Waals surface area contributed by atoms with Crippen molar-refractivity contribution in [3.05, 3.63) is 41.6 Å². The smallest absolute Gasteiger partial charge is 0.219 e. The molecule has 17 heavy (non-hydrogen) atoms. The van der Waals surface area contributed by atoms with Crippen LogP contribution in [-0.2, 0) is 0 Å². The molecule has 0 aliphatic heterocycles. The number of aromatic nitrogens is 1. The van der Waals surface area contributed by atoms with E-state index in [1.54, 1.807) is 18.3 Å². The van der Waals surface area contributed by atoms with Crippen LogP contribution in [0.2, 0.25) is 0 Å². The minimum atomic E-state index is -0.243. The number of nitrogen functional groups attached to an aromatic ring is 1. The quantitative estimate of drug-likeness (QED) is 0.624. The monoisotopic (exact) mass is 235 g/mol. The first-order chi connectivity index (χ1) is 8.20.